The van der Waals surface area contributed by atoms with Crippen LogP contribution in [-0.2, 0) is 16.1 Å². The van der Waals surface area contributed by atoms with Gasteiger partial charge in [-0.3, -0.25) is 4.79 Å². The van der Waals surface area contributed by atoms with Gasteiger partial charge in [0.25, 0.3) is 0 Å². The van der Waals surface area contributed by atoms with Crippen molar-refractivity contribution in [3.63, 3.8) is 0 Å². The molecule has 4 heteroatoms. The Balaban J connectivity index is 2.56. The molecule has 0 amide bonds. The second-order valence-electron chi connectivity index (χ2n) is 3.43. The molecule has 1 heterocycles. The van der Waals surface area contributed by atoms with Gasteiger partial charge in [-0.1, -0.05) is 0 Å². The largest absolute Gasteiger partial charge is 0.465 e. The Bertz CT molecular complexity index is 320. The highest BCUT2D eigenvalue weighted by atomic mass is 16.5. The van der Waals surface area contributed by atoms with Gasteiger partial charge in [-0.2, -0.15) is 0 Å². The number of rotatable bonds is 5. The molecule has 15 heavy (non-hydrogen) atoms. The summed E-state index contributed by atoms with van der Waals surface area (Å²) in [4.78, 5) is 11.2. The Morgan fingerprint density at radius 1 is 1.67 bits per heavy atom. The average Bonchev–Trinajstić information content (AvgIpc) is 2.65. The fraction of sp³-hybridized carbons (Fsp3) is 0.545. The maximum absolute atomic E-state index is 11.2. The van der Waals surface area contributed by atoms with Crippen LogP contribution in [-0.4, -0.2) is 24.2 Å². The third-order valence-electron chi connectivity index (χ3n) is 2.32. The van der Waals surface area contributed by atoms with Gasteiger partial charge in [0.05, 0.1) is 6.61 Å². The van der Waals surface area contributed by atoms with E-state index in [1.165, 1.54) is 5.56 Å². The van der Waals surface area contributed by atoms with Crippen molar-refractivity contribution in [3.8, 4) is 0 Å². The Morgan fingerprint density at radius 3 is 3.00 bits per heavy atom. The summed E-state index contributed by atoms with van der Waals surface area (Å²) in [7, 11) is 1.91. The number of nitrogens with zero attached hydrogens (tertiary/aromatic N) is 1. The molecule has 0 aliphatic rings. The zero-order valence-electron chi connectivity index (χ0n) is 9.49. The van der Waals surface area contributed by atoms with E-state index in [0.717, 1.165) is 0 Å². The lowest BCUT2D eigenvalue weighted by atomic mass is 10.2. The third-order valence-corrected chi connectivity index (χ3v) is 2.32. The highest BCUT2D eigenvalue weighted by Gasteiger charge is 2.06. The fourth-order valence-corrected chi connectivity index (χ4v) is 1.34. The van der Waals surface area contributed by atoms with Crippen molar-refractivity contribution < 1.29 is 9.53 Å². The lowest BCUT2D eigenvalue weighted by Crippen LogP contribution is -2.13. The lowest BCUT2D eigenvalue weighted by molar-refractivity contribution is -0.143. The molecule has 1 aromatic rings. The molecule has 0 radical (unpaired) electrons. The normalized spacial score (nSPS) is 12.5. The van der Waals surface area contributed by atoms with Crippen molar-refractivity contribution >= 4 is 5.97 Å². The molecule has 1 rings (SSSR count). The smallest absolute Gasteiger partial charge is 0.325 e. The molecule has 1 aromatic heterocycles. The molecule has 0 aliphatic heterocycles. The monoisotopic (exact) mass is 210 g/mol. The molecule has 0 spiro atoms. The Kier molecular flexibility index (Phi) is 4.37. The summed E-state index contributed by atoms with van der Waals surface area (Å²) in [6.45, 7) is 4.59. The Hall–Kier alpha value is -1.29. The van der Waals surface area contributed by atoms with E-state index in [-0.39, 0.29) is 12.5 Å². The number of carbonyl (C=O) groups is 1. The molecule has 1 atom stereocenters. The summed E-state index contributed by atoms with van der Waals surface area (Å²) in [6.07, 6.45) is 3.85. The van der Waals surface area contributed by atoms with Crippen molar-refractivity contribution in [3.05, 3.63) is 24.0 Å². The highest BCUT2D eigenvalue weighted by molar-refractivity contribution is 5.69. The van der Waals surface area contributed by atoms with Gasteiger partial charge in [-0.05, 0) is 32.5 Å². The van der Waals surface area contributed by atoms with Gasteiger partial charge in [0.15, 0.2) is 0 Å². The van der Waals surface area contributed by atoms with Gasteiger partial charge >= 0.3 is 5.97 Å². The fourth-order valence-electron chi connectivity index (χ4n) is 1.34. The van der Waals surface area contributed by atoms with Crippen LogP contribution in [0, 0.1) is 0 Å². The van der Waals surface area contributed by atoms with Gasteiger partial charge in [0, 0.05) is 18.4 Å². The molecule has 0 aromatic carbocycles. The van der Waals surface area contributed by atoms with Crippen molar-refractivity contribution in [1.29, 1.82) is 0 Å². The highest BCUT2D eigenvalue weighted by Crippen LogP contribution is 2.11. The summed E-state index contributed by atoms with van der Waals surface area (Å²) < 4.78 is 6.70. The maximum atomic E-state index is 11.2. The van der Waals surface area contributed by atoms with E-state index < -0.39 is 0 Å². The average molecular weight is 210 g/mol. The summed E-state index contributed by atoms with van der Waals surface area (Å²) in [5, 5.41) is 3.14. The second kappa shape index (κ2) is 5.56. The minimum absolute atomic E-state index is 0.197. The van der Waals surface area contributed by atoms with Gasteiger partial charge in [-0.25, -0.2) is 0 Å². The van der Waals surface area contributed by atoms with E-state index in [9.17, 15) is 4.79 Å². The number of ether oxygens (including phenoxy) is 1. The molecule has 84 valence electrons. The number of aromatic nitrogens is 1. The SMILES string of the molecule is CCOC(=O)Cn1ccc(C(C)NC)c1. The molecule has 0 saturated carbocycles. The van der Waals surface area contributed by atoms with E-state index in [1.54, 1.807) is 0 Å². The molecule has 1 N–H and O–H groups in total. The van der Waals surface area contributed by atoms with E-state index in [1.807, 2.05) is 37.0 Å². The summed E-state index contributed by atoms with van der Waals surface area (Å²) in [5.41, 5.74) is 1.17. The minimum atomic E-state index is -0.197. The van der Waals surface area contributed by atoms with Crippen LogP contribution in [0.25, 0.3) is 0 Å². The van der Waals surface area contributed by atoms with Crippen LogP contribution in [0.2, 0.25) is 0 Å². The van der Waals surface area contributed by atoms with Crippen LogP contribution in [0.5, 0.6) is 0 Å². The minimum Gasteiger partial charge on any atom is -0.465 e. The quantitative estimate of drug-likeness (QED) is 0.746. The van der Waals surface area contributed by atoms with Crippen LogP contribution >= 0.6 is 0 Å². The number of hydrogen-bond acceptors (Lipinski definition) is 3. The summed E-state index contributed by atoms with van der Waals surface area (Å²) >= 11 is 0. The van der Waals surface area contributed by atoms with Crippen molar-refractivity contribution in [2.45, 2.75) is 26.4 Å². The van der Waals surface area contributed by atoms with Gasteiger partial charge < -0.3 is 14.6 Å². The predicted octanol–water partition coefficient (Wildman–Crippen LogP) is 1.33. The van der Waals surface area contributed by atoms with Crippen molar-refractivity contribution in [2.75, 3.05) is 13.7 Å². The molecular weight excluding hydrogens is 192 g/mol. The molecular formula is C11H18N2O2. The maximum Gasteiger partial charge on any atom is 0.325 e. The topological polar surface area (TPSA) is 43.3 Å². The predicted molar refractivity (Wildman–Crippen MR) is 58.5 cm³/mol. The molecule has 1 unspecified atom stereocenters. The van der Waals surface area contributed by atoms with E-state index in [4.69, 9.17) is 4.74 Å². The number of esters is 1. The first kappa shape index (κ1) is 11.8. The molecule has 4 nitrogen and oxygen atoms in total. The van der Waals surface area contributed by atoms with Crippen molar-refractivity contribution in [1.82, 2.24) is 9.88 Å². The van der Waals surface area contributed by atoms with Crippen LogP contribution in [0.15, 0.2) is 18.5 Å². The lowest BCUT2D eigenvalue weighted by Gasteiger charge is -2.07. The van der Waals surface area contributed by atoms with Crippen LogP contribution < -0.4 is 5.32 Å². The zero-order valence-corrected chi connectivity index (χ0v) is 9.49. The van der Waals surface area contributed by atoms with Gasteiger partial charge in [-0.15, -0.1) is 0 Å². The van der Waals surface area contributed by atoms with Crippen LogP contribution in [0.1, 0.15) is 25.5 Å². The number of carbonyl (C=O) groups excluding carboxylic acids is 1. The van der Waals surface area contributed by atoms with E-state index >= 15 is 0 Å². The van der Waals surface area contributed by atoms with E-state index in [2.05, 4.69) is 12.2 Å². The molecule has 0 bridgehead atoms. The van der Waals surface area contributed by atoms with Crippen LogP contribution in [0.3, 0.4) is 0 Å². The molecule has 0 saturated heterocycles. The van der Waals surface area contributed by atoms with Gasteiger partial charge in [0.2, 0.25) is 0 Å². The molecule has 0 fully saturated rings. The van der Waals surface area contributed by atoms with Crippen molar-refractivity contribution in [2.24, 2.45) is 0 Å². The van der Waals surface area contributed by atoms with E-state index in [0.29, 0.717) is 12.6 Å². The third kappa shape index (κ3) is 3.40. The second-order valence-corrected chi connectivity index (χ2v) is 3.43. The number of nitrogens with one attached hydrogen (secondary N) is 1. The first-order valence-electron chi connectivity index (χ1n) is 5.16. The van der Waals surface area contributed by atoms with Crippen LogP contribution in [0.4, 0.5) is 0 Å². The standard InChI is InChI=1S/C11H18N2O2/c1-4-15-11(14)8-13-6-5-10(7-13)9(2)12-3/h5-7,9,12H,4,8H2,1-3H3. The molecule has 0 aliphatic carbocycles. The first-order valence-corrected chi connectivity index (χ1v) is 5.16. The summed E-state index contributed by atoms with van der Waals surface area (Å²) in [6, 6.07) is 2.30. The number of hydrogen-bond donors (Lipinski definition) is 1. The van der Waals surface area contributed by atoms with Gasteiger partial charge in [0.1, 0.15) is 6.54 Å². The first-order chi connectivity index (χ1) is 7.17. The Morgan fingerprint density at radius 2 is 2.40 bits per heavy atom. The summed E-state index contributed by atoms with van der Waals surface area (Å²) in [5.74, 6) is -0.197. The zero-order chi connectivity index (χ0) is 11.3. The Labute approximate surface area is 90.2 Å².